The normalized spacial score (nSPS) is 13.4. The maximum atomic E-state index is 11.7. The molecule has 0 bridgehead atoms. The third-order valence-electron chi connectivity index (χ3n) is 3.60. The van der Waals surface area contributed by atoms with Gasteiger partial charge in [0.1, 0.15) is 12.4 Å². The van der Waals surface area contributed by atoms with Crippen molar-refractivity contribution in [2.75, 3.05) is 5.32 Å². The number of rotatable bonds is 6. The van der Waals surface area contributed by atoms with Crippen LogP contribution in [0.1, 0.15) is 18.4 Å². The van der Waals surface area contributed by atoms with Gasteiger partial charge in [-0.3, -0.25) is 14.9 Å². The first-order valence-electron chi connectivity index (χ1n) is 7.39. The molecule has 2 aromatic rings. The van der Waals surface area contributed by atoms with Gasteiger partial charge < -0.3 is 10.1 Å². The lowest BCUT2D eigenvalue weighted by Gasteiger charge is -2.08. The number of nitro benzene ring substituents is 1. The van der Waals surface area contributed by atoms with E-state index >= 15 is 0 Å². The number of hydrogen-bond acceptors (Lipinski definition) is 4. The number of hydrogen-bond donors (Lipinski definition) is 1. The van der Waals surface area contributed by atoms with Crippen LogP contribution < -0.4 is 10.1 Å². The second kappa shape index (κ2) is 6.48. The highest BCUT2D eigenvalue weighted by Gasteiger charge is 2.29. The average molecular weight is 312 g/mol. The lowest BCUT2D eigenvalue weighted by Crippen LogP contribution is -2.13. The van der Waals surface area contributed by atoms with Gasteiger partial charge in [-0.05, 0) is 42.7 Å². The molecule has 0 saturated heterocycles. The Morgan fingerprint density at radius 3 is 2.61 bits per heavy atom. The molecule has 1 saturated carbocycles. The number of carbonyl (C=O) groups is 1. The largest absolute Gasteiger partial charge is 0.489 e. The van der Waals surface area contributed by atoms with Crippen molar-refractivity contribution in [3.8, 4) is 5.75 Å². The first-order chi connectivity index (χ1) is 11.1. The maximum absolute atomic E-state index is 11.7. The molecule has 1 aliphatic carbocycles. The van der Waals surface area contributed by atoms with Gasteiger partial charge in [0.2, 0.25) is 5.91 Å². The number of nitrogens with one attached hydrogen (secondary N) is 1. The molecule has 1 fully saturated rings. The first kappa shape index (κ1) is 15.0. The van der Waals surface area contributed by atoms with Crippen LogP contribution in [0.15, 0.2) is 48.5 Å². The highest BCUT2D eigenvalue weighted by molar-refractivity contribution is 5.94. The summed E-state index contributed by atoms with van der Waals surface area (Å²) in [5, 5.41) is 13.6. The highest BCUT2D eigenvalue weighted by atomic mass is 16.6. The smallest absolute Gasteiger partial charge is 0.269 e. The molecule has 3 rings (SSSR count). The summed E-state index contributed by atoms with van der Waals surface area (Å²) >= 11 is 0. The van der Waals surface area contributed by atoms with E-state index in [4.69, 9.17) is 4.74 Å². The van der Waals surface area contributed by atoms with Gasteiger partial charge in [-0.25, -0.2) is 0 Å². The van der Waals surface area contributed by atoms with Gasteiger partial charge in [-0.2, -0.15) is 0 Å². The summed E-state index contributed by atoms with van der Waals surface area (Å²) in [6.07, 6.45) is 1.94. The van der Waals surface area contributed by atoms with Crippen molar-refractivity contribution in [3.05, 3.63) is 64.2 Å². The fourth-order valence-electron chi connectivity index (χ4n) is 2.15. The Morgan fingerprint density at radius 2 is 1.96 bits per heavy atom. The van der Waals surface area contributed by atoms with Crippen molar-refractivity contribution in [2.45, 2.75) is 19.4 Å². The lowest BCUT2D eigenvalue weighted by molar-refractivity contribution is -0.384. The number of amides is 1. The minimum Gasteiger partial charge on any atom is -0.489 e. The monoisotopic (exact) mass is 312 g/mol. The van der Waals surface area contributed by atoms with Crippen molar-refractivity contribution in [1.29, 1.82) is 0 Å². The van der Waals surface area contributed by atoms with Crippen molar-refractivity contribution in [3.63, 3.8) is 0 Å². The quantitative estimate of drug-likeness (QED) is 0.653. The molecule has 6 heteroatoms. The van der Waals surface area contributed by atoms with E-state index in [-0.39, 0.29) is 24.1 Å². The Hall–Kier alpha value is -2.89. The van der Waals surface area contributed by atoms with Crippen molar-refractivity contribution in [2.24, 2.45) is 5.92 Å². The molecule has 2 aromatic carbocycles. The summed E-state index contributed by atoms with van der Waals surface area (Å²) in [7, 11) is 0. The van der Waals surface area contributed by atoms with E-state index in [1.165, 1.54) is 12.1 Å². The molecule has 0 unspecified atom stereocenters. The third kappa shape index (κ3) is 4.06. The Balaban J connectivity index is 1.56. The maximum Gasteiger partial charge on any atom is 0.269 e. The number of ether oxygens (including phenoxy) is 1. The van der Waals surface area contributed by atoms with Crippen molar-refractivity contribution in [1.82, 2.24) is 0 Å². The molecule has 1 aliphatic rings. The molecule has 1 amide bonds. The van der Waals surface area contributed by atoms with E-state index in [0.29, 0.717) is 5.75 Å². The number of non-ortho nitro benzene ring substituents is 1. The number of benzene rings is 2. The molecule has 23 heavy (non-hydrogen) atoms. The van der Waals surface area contributed by atoms with E-state index < -0.39 is 4.92 Å². The lowest BCUT2D eigenvalue weighted by atomic mass is 10.2. The molecular weight excluding hydrogens is 296 g/mol. The molecule has 0 aliphatic heterocycles. The fourth-order valence-corrected chi connectivity index (χ4v) is 2.15. The fraction of sp³-hybridized carbons (Fsp3) is 0.235. The summed E-state index contributed by atoms with van der Waals surface area (Å²) in [6.45, 7) is 0.245. The highest BCUT2D eigenvalue weighted by Crippen LogP contribution is 2.30. The number of nitrogens with zero attached hydrogens (tertiary/aromatic N) is 1. The summed E-state index contributed by atoms with van der Waals surface area (Å²) in [6, 6.07) is 13.4. The van der Waals surface area contributed by atoms with Gasteiger partial charge in [0.05, 0.1) is 4.92 Å². The van der Waals surface area contributed by atoms with Crippen LogP contribution in [0, 0.1) is 16.0 Å². The van der Waals surface area contributed by atoms with E-state index in [2.05, 4.69) is 5.32 Å². The molecule has 0 radical (unpaired) electrons. The van der Waals surface area contributed by atoms with Crippen LogP contribution in [0.4, 0.5) is 11.4 Å². The standard InChI is InChI=1S/C17H16N2O4/c20-17(13-4-5-13)18-14-6-8-16(9-7-14)23-11-12-2-1-3-15(10-12)19(21)22/h1-3,6-10,13H,4-5,11H2,(H,18,20). The summed E-state index contributed by atoms with van der Waals surface area (Å²) in [5.41, 5.74) is 1.51. The van der Waals surface area contributed by atoms with Crippen LogP contribution in [0.25, 0.3) is 0 Å². The van der Waals surface area contributed by atoms with Crippen molar-refractivity contribution < 1.29 is 14.5 Å². The molecule has 0 atom stereocenters. The molecule has 1 N–H and O–H groups in total. The van der Waals surface area contributed by atoms with Crippen LogP contribution in [-0.2, 0) is 11.4 Å². The SMILES string of the molecule is O=C(Nc1ccc(OCc2cccc([N+](=O)[O-])c2)cc1)C1CC1. The molecule has 118 valence electrons. The van der Waals surface area contributed by atoms with Crippen molar-refractivity contribution >= 4 is 17.3 Å². The Bertz CT molecular complexity index is 724. The van der Waals surface area contributed by atoms with Gasteiger partial charge >= 0.3 is 0 Å². The van der Waals surface area contributed by atoms with E-state index in [1.54, 1.807) is 36.4 Å². The summed E-state index contributed by atoms with van der Waals surface area (Å²) in [5.74, 6) is 0.871. The predicted molar refractivity (Wildman–Crippen MR) is 85.2 cm³/mol. The van der Waals surface area contributed by atoms with Gasteiger partial charge in [-0.15, -0.1) is 0 Å². The van der Waals surface area contributed by atoms with Gasteiger partial charge in [0, 0.05) is 23.7 Å². The molecule has 6 nitrogen and oxygen atoms in total. The number of carbonyl (C=O) groups excluding carboxylic acids is 1. The van der Waals surface area contributed by atoms with E-state index in [1.807, 2.05) is 0 Å². The summed E-state index contributed by atoms with van der Waals surface area (Å²) in [4.78, 5) is 22.0. The first-order valence-corrected chi connectivity index (χ1v) is 7.39. The van der Waals surface area contributed by atoms with Gasteiger partial charge in [0.15, 0.2) is 0 Å². The Kier molecular flexibility index (Phi) is 4.23. The van der Waals surface area contributed by atoms with Crippen LogP contribution in [-0.4, -0.2) is 10.8 Å². The second-order valence-corrected chi connectivity index (χ2v) is 5.50. The minimum absolute atomic E-state index is 0.0456. The zero-order valence-electron chi connectivity index (χ0n) is 12.4. The predicted octanol–water partition coefficient (Wildman–Crippen LogP) is 3.52. The minimum atomic E-state index is -0.430. The molecule has 0 aromatic heterocycles. The van der Waals surface area contributed by atoms with Gasteiger partial charge in [-0.1, -0.05) is 12.1 Å². The molecule has 0 heterocycles. The average Bonchev–Trinajstić information content (AvgIpc) is 3.39. The zero-order chi connectivity index (χ0) is 16.2. The Morgan fingerprint density at radius 1 is 1.22 bits per heavy atom. The zero-order valence-corrected chi connectivity index (χ0v) is 12.4. The number of nitro groups is 1. The van der Waals surface area contributed by atoms with Crippen LogP contribution >= 0.6 is 0 Å². The van der Waals surface area contributed by atoms with E-state index in [0.717, 1.165) is 24.1 Å². The second-order valence-electron chi connectivity index (χ2n) is 5.50. The molecule has 0 spiro atoms. The van der Waals surface area contributed by atoms with Crippen LogP contribution in [0.5, 0.6) is 5.75 Å². The topological polar surface area (TPSA) is 81.5 Å². The molecular formula is C17H16N2O4. The van der Waals surface area contributed by atoms with Crippen LogP contribution in [0.3, 0.4) is 0 Å². The third-order valence-corrected chi connectivity index (χ3v) is 3.60. The van der Waals surface area contributed by atoms with Gasteiger partial charge in [0.25, 0.3) is 5.69 Å². The van der Waals surface area contributed by atoms with E-state index in [9.17, 15) is 14.9 Å². The number of anilines is 1. The van der Waals surface area contributed by atoms with Crippen LogP contribution in [0.2, 0.25) is 0 Å². The Labute approximate surface area is 133 Å². The summed E-state index contributed by atoms with van der Waals surface area (Å²) < 4.78 is 5.61.